The highest BCUT2D eigenvalue weighted by Crippen LogP contribution is 2.16. The molecule has 0 spiro atoms. The number of rotatable bonds is 6. The van der Waals surface area contributed by atoms with E-state index in [0.717, 1.165) is 17.7 Å². The number of halogens is 3. The molecule has 28 heavy (non-hydrogen) atoms. The third-order valence-corrected chi connectivity index (χ3v) is 3.88. The smallest absolute Gasteiger partial charge is 0.274 e. The molecule has 3 aromatic rings. The summed E-state index contributed by atoms with van der Waals surface area (Å²) < 4.78 is 39.6. The average Bonchev–Trinajstić information content (AvgIpc) is 2.65. The number of hydrogen-bond acceptors (Lipinski definition) is 4. The molecule has 0 bridgehead atoms. The van der Waals surface area contributed by atoms with E-state index in [4.69, 9.17) is 0 Å². The Morgan fingerprint density at radius 2 is 1.68 bits per heavy atom. The summed E-state index contributed by atoms with van der Waals surface area (Å²) in [6.45, 7) is 2.17. The maximum absolute atomic E-state index is 13.7. The van der Waals surface area contributed by atoms with Crippen molar-refractivity contribution in [2.75, 3.05) is 17.2 Å². The predicted molar refractivity (Wildman–Crippen MR) is 99.7 cm³/mol. The summed E-state index contributed by atoms with van der Waals surface area (Å²) in [5.74, 6) is -2.31. The lowest BCUT2D eigenvalue weighted by molar-refractivity contribution is 0.102. The Morgan fingerprint density at radius 1 is 0.964 bits per heavy atom. The second-order valence-corrected chi connectivity index (χ2v) is 6.10. The minimum absolute atomic E-state index is 0.0421. The fourth-order valence-corrected chi connectivity index (χ4v) is 2.51. The van der Waals surface area contributed by atoms with Crippen molar-refractivity contribution in [2.45, 2.75) is 13.3 Å². The highest BCUT2D eigenvalue weighted by molar-refractivity contribution is 6.03. The summed E-state index contributed by atoms with van der Waals surface area (Å²) in [7, 11) is 0. The van der Waals surface area contributed by atoms with Crippen LogP contribution in [-0.4, -0.2) is 22.4 Å². The van der Waals surface area contributed by atoms with E-state index in [1.54, 1.807) is 19.1 Å². The zero-order chi connectivity index (χ0) is 20.1. The first-order chi connectivity index (χ1) is 13.4. The van der Waals surface area contributed by atoms with Gasteiger partial charge >= 0.3 is 0 Å². The average molecular weight is 386 g/mol. The molecule has 2 aromatic carbocycles. The quantitative estimate of drug-likeness (QED) is 0.669. The van der Waals surface area contributed by atoms with E-state index >= 15 is 0 Å². The highest BCUT2D eigenvalue weighted by Gasteiger charge is 2.13. The normalized spacial score (nSPS) is 10.6. The molecule has 0 radical (unpaired) electrons. The van der Waals surface area contributed by atoms with Gasteiger partial charge in [0.1, 0.15) is 23.1 Å². The van der Waals surface area contributed by atoms with Crippen molar-refractivity contribution in [1.82, 2.24) is 9.97 Å². The number of hydrogen-bond donors (Lipinski definition) is 2. The van der Waals surface area contributed by atoms with E-state index in [2.05, 4.69) is 20.6 Å². The molecule has 0 saturated carbocycles. The number of aryl methyl sites for hydroxylation is 1. The number of anilines is 2. The van der Waals surface area contributed by atoms with Crippen molar-refractivity contribution in [1.29, 1.82) is 0 Å². The van der Waals surface area contributed by atoms with Crippen LogP contribution in [0.3, 0.4) is 0 Å². The van der Waals surface area contributed by atoms with Gasteiger partial charge in [0.05, 0.1) is 5.69 Å². The summed E-state index contributed by atoms with van der Waals surface area (Å²) >= 11 is 0. The summed E-state index contributed by atoms with van der Waals surface area (Å²) in [4.78, 5) is 20.7. The summed E-state index contributed by atoms with van der Waals surface area (Å²) in [5, 5.41) is 5.37. The van der Waals surface area contributed by atoms with Crippen LogP contribution < -0.4 is 10.6 Å². The van der Waals surface area contributed by atoms with E-state index in [-0.39, 0.29) is 23.1 Å². The van der Waals surface area contributed by atoms with E-state index in [9.17, 15) is 18.0 Å². The van der Waals surface area contributed by atoms with Gasteiger partial charge in [-0.25, -0.2) is 23.1 Å². The minimum atomic E-state index is -0.878. The lowest BCUT2D eigenvalue weighted by Gasteiger charge is -2.09. The molecular formula is C20H17F3N4O. The molecule has 0 atom stereocenters. The Hall–Kier alpha value is -3.42. The van der Waals surface area contributed by atoms with Gasteiger partial charge in [-0.1, -0.05) is 12.1 Å². The molecule has 3 rings (SSSR count). The lowest BCUT2D eigenvalue weighted by atomic mass is 10.1. The van der Waals surface area contributed by atoms with E-state index in [0.29, 0.717) is 24.7 Å². The molecular weight excluding hydrogens is 369 g/mol. The molecule has 0 aliphatic rings. The van der Waals surface area contributed by atoms with Gasteiger partial charge in [0, 0.05) is 18.3 Å². The van der Waals surface area contributed by atoms with Crippen molar-refractivity contribution in [2.24, 2.45) is 0 Å². The molecule has 0 saturated heterocycles. The Kier molecular flexibility index (Phi) is 5.88. The number of amides is 1. The summed E-state index contributed by atoms with van der Waals surface area (Å²) in [6.07, 6.45) is 0.611. The highest BCUT2D eigenvalue weighted by atomic mass is 19.1. The predicted octanol–water partition coefficient (Wildman–Crippen LogP) is 4.11. The van der Waals surface area contributed by atoms with Crippen LogP contribution in [0.15, 0.2) is 48.5 Å². The first-order valence-electron chi connectivity index (χ1n) is 8.51. The Morgan fingerprint density at radius 3 is 2.39 bits per heavy atom. The lowest BCUT2D eigenvalue weighted by Crippen LogP contribution is -2.17. The fourth-order valence-electron chi connectivity index (χ4n) is 2.51. The Balaban J connectivity index is 1.66. The molecule has 0 aliphatic heterocycles. The number of nitrogens with zero attached hydrogens (tertiary/aromatic N) is 2. The van der Waals surface area contributed by atoms with Crippen LogP contribution in [0.1, 0.15) is 21.7 Å². The van der Waals surface area contributed by atoms with Crippen LogP contribution in [0.25, 0.3) is 0 Å². The zero-order valence-electron chi connectivity index (χ0n) is 15.0. The number of carbonyl (C=O) groups excluding carboxylic acids is 1. The van der Waals surface area contributed by atoms with Crippen LogP contribution in [0.2, 0.25) is 0 Å². The maximum atomic E-state index is 13.7. The topological polar surface area (TPSA) is 66.9 Å². The van der Waals surface area contributed by atoms with Crippen molar-refractivity contribution in [3.8, 4) is 0 Å². The van der Waals surface area contributed by atoms with Gasteiger partial charge in [-0.15, -0.1) is 0 Å². The van der Waals surface area contributed by atoms with Gasteiger partial charge in [-0.2, -0.15) is 0 Å². The van der Waals surface area contributed by atoms with Crippen molar-refractivity contribution >= 4 is 17.5 Å². The van der Waals surface area contributed by atoms with E-state index in [1.165, 1.54) is 18.2 Å². The number of benzene rings is 2. The number of carbonyl (C=O) groups is 1. The third-order valence-electron chi connectivity index (χ3n) is 3.88. The zero-order valence-corrected chi connectivity index (χ0v) is 15.0. The standard InChI is InChI=1S/C20H17F3N4O/c1-12-10-18(19(28)26-17-7-6-15(22)11-16(17)23)27-20(25-12)24-9-8-13-2-4-14(21)5-3-13/h2-7,10-11H,8-9H2,1H3,(H,26,28)(H,24,25,27). The first kappa shape index (κ1) is 19.3. The number of aromatic nitrogens is 2. The van der Waals surface area contributed by atoms with Gasteiger partial charge in [0.2, 0.25) is 5.95 Å². The monoisotopic (exact) mass is 386 g/mol. The van der Waals surface area contributed by atoms with Crippen LogP contribution >= 0.6 is 0 Å². The first-order valence-corrected chi connectivity index (χ1v) is 8.51. The van der Waals surface area contributed by atoms with Gasteiger partial charge in [-0.05, 0) is 49.2 Å². The largest absolute Gasteiger partial charge is 0.354 e. The van der Waals surface area contributed by atoms with Crippen LogP contribution in [-0.2, 0) is 6.42 Å². The second kappa shape index (κ2) is 8.51. The molecule has 1 aromatic heterocycles. The molecule has 0 fully saturated rings. The summed E-state index contributed by atoms with van der Waals surface area (Å²) in [6, 6.07) is 10.5. The van der Waals surface area contributed by atoms with E-state index in [1.807, 2.05) is 0 Å². The molecule has 5 nitrogen and oxygen atoms in total. The molecule has 0 unspecified atom stereocenters. The van der Waals surface area contributed by atoms with Gasteiger partial charge in [0.15, 0.2) is 0 Å². The minimum Gasteiger partial charge on any atom is -0.354 e. The molecule has 1 amide bonds. The Bertz CT molecular complexity index is 993. The maximum Gasteiger partial charge on any atom is 0.274 e. The third kappa shape index (κ3) is 5.06. The van der Waals surface area contributed by atoms with Crippen molar-refractivity contribution in [3.63, 3.8) is 0 Å². The van der Waals surface area contributed by atoms with Crippen LogP contribution in [0.5, 0.6) is 0 Å². The molecule has 1 heterocycles. The molecule has 144 valence electrons. The molecule has 0 aliphatic carbocycles. The SMILES string of the molecule is Cc1cc(C(=O)Nc2ccc(F)cc2F)nc(NCCc2ccc(F)cc2)n1. The van der Waals surface area contributed by atoms with Gasteiger partial charge in [-0.3, -0.25) is 4.79 Å². The van der Waals surface area contributed by atoms with Crippen LogP contribution in [0, 0.1) is 24.4 Å². The van der Waals surface area contributed by atoms with E-state index < -0.39 is 17.5 Å². The Labute approximate surface area is 159 Å². The van der Waals surface area contributed by atoms with Crippen molar-refractivity contribution in [3.05, 3.63) is 82.9 Å². The summed E-state index contributed by atoms with van der Waals surface area (Å²) in [5.41, 5.74) is 1.38. The van der Waals surface area contributed by atoms with Crippen molar-refractivity contribution < 1.29 is 18.0 Å². The molecule has 2 N–H and O–H groups in total. The molecule has 8 heteroatoms. The number of nitrogens with one attached hydrogen (secondary N) is 2. The second-order valence-electron chi connectivity index (χ2n) is 6.10. The fraction of sp³-hybridized carbons (Fsp3) is 0.150. The van der Waals surface area contributed by atoms with Gasteiger partial charge < -0.3 is 10.6 Å². The van der Waals surface area contributed by atoms with Crippen LogP contribution in [0.4, 0.5) is 24.8 Å². The van der Waals surface area contributed by atoms with Gasteiger partial charge in [0.25, 0.3) is 5.91 Å².